The molecule has 1 aliphatic rings. The van der Waals surface area contributed by atoms with Gasteiger partial charge in [-0.05, 0) is 23.6 Å². The molecule has 2 aromatic carbocycles. The standard InChI is InChI=1S/C18H18O4/c1-2-22-17(20)18(21)15(12-8-4-3-5-9-12)13-10-6-7-11-14(13)16(18)19/h3-11,15-16,19,21H,2H2,1H3/t15-,16-,18?/m0/s1. The molecule has 1 unspecified atom stereocenters. The lowest BCUT2D eigenvalue weighted by atomic mass is 9.81. The Bertz CT molecular complexity index is 682. The average molecular weight is 298 g/mol. The van der Waals surface area contributed by atoms with Crippen molar-refractivity contribution in [2.45, 2.75) is 24.5 Å². The predicted octanol–water partition coefficient (Wildman–Crippen LogP) is 2.16. The van der Waals surface area contributed by atoms with Gasteiger partial charge in [-0.25, -0.2) is 4.79 Å². The molecule has 0 aromatic heterocycles. The number of carbonyl (C=O) groups excluding carboxylic acids is 1. The SMILES string of the molecule is CCOC(=O)C1(O)[C@@H](c2ccccc2)c2ccccc2[C@@H]1O. The van der Waals surface area contributed by atoms with Crippen LogP contribution < -0.4 is 0 Å². The van der Waals surface area contributed by atoms with Crippen LogP contribution in [0.2, 0.25) is 0 Å². The number of benzene rings is 2. The molecular weight excluding hydrogens is 280 g/mol. The Morgan fingerprint density at radius 2 is 1.68 bits per heavy atom. The Balaban J connectivity index is 2.19. The zero-order chi connectivity index (χ0) is 15.7. The predicted molar refractivity (Wildman–Crippen MR) is 81.3 cm³/mol. The van der Waals surface area contributed by atoms with E-state index >= 15 is 0 Å². The van der Waals surface area contributed by atoms with Gasteiger partial charge in [-0.3, -0.25) is 0 Å². The maximum atomic E-state index is 12.4. The van der Waals surface area contributed by atoms with E-state index in [4.69, 9.17) is 4.74 Å². The molecule has 0 spiro atoms. The molecule has 0 bridgehead atoms. The summed E-state index contributed by atoms with van der Waals surface area (Å²) in [5.41, 5.74) is 0.0619. The van der Waals surface area contributed by atoms with E-state index in [1.54, 1.807) is 19.1 Å². The van der Waals surface area contributed by atoms with Crippen LogP contribution in [0.1, 0.15) is 35.6 Å². The number of rotatable bonds is 3. The van der Waals surface area contributed by atoms with Crippen LogP contribution in [0.4, 0.5) is 0 Å². The second-order valence-corrected chi connectivity index (χ2v) is 5.42. The number of aliphatic hydroxyl groups is 2. The van der Waals surface area contributed by atoms with Gasteiger partial charge in [0.15, 0.2) is 0 Å². The summed E-state index contributed by atoms with van der Waals surface area (Å²) in [4.78, 5) is 12.4. The van der Waals surface area contributed by atoms with Crippen molar-refractivity contribution >= 4 is 5.97 Å². The highest BCUT2D eigenvalue weighted by atomic mass is 16.6. The number of carbonyl (C=O) groups is 1. The lowest BCUT2D eigenvalue weighted by molar-refractivity contribution is -0.178. The van der Waals surface area contributed by atoms with Crippen LogP contribution in [0.25, 0.3) is 0 Å². The Morgan fingerprint density at radius 1 is 1.09 bits per heavy atom. The van der Waals surface area contributed by atoms with Crippen molar-refractivity contribution in [1.82, 2.24) is 0 Å². The second kappa shape index (κ2) is 5.55. The normalized spacial score (nSPS) is 26.5. The van der Waals surface area contributed by atoms with Crippen LogP contribution >= 0.6 is 0 Å². The highest BCUT2D eigenvalue weighted by Crippen LogP contribution is 2.51. The molecule has 0 aliphatic heterocycles. The highest BCUT2D eigenvalue weighted by molar-refractivity contribution is 5.85. The van der Waals surface area contributed by atoms with Gasteiger partial charge in [0.1, 0.15) is 6.10 Å². The molecular formula is C18H18O4. The van der Waals surface area contributed by atoms with Crippen molar-refractivity contribution < 1.29 is 19.7 Å². The quantitative estimate of drug-likeness (QED) is 0.852. The maximum Gasteiger partial charge on any atom is 0.342 e. The molecule has 0 saturated carbocycles. The molecule has 0 fully saturated rings. The smallest absolute Gasteiger partial charge is 0.342 e. The van der Waals surface area contributed by atoms with Gasteiger partial charge < -0.3 is 14.9 Å². The minimum Gasteiger partial charge on any atom is -0.464 e. The first-order chi connectivity index (χ1) is 10.6. The van der Waals surface area contributed by atoms with Crippen LogP contribution in [-0.4, -0.2) is 28.4 Å². The first-order valence-electron chi connectivity index (χ1n) is 7.32. The number of esters is 1. The van der Waals surface area contributed by atoms with E-state index in [1.807, 2.05) is 42.5 Å². The van der Waals surface area contributed by atoms with Gasteiger partial charge >= 0.3 is 5.97 Å². The van der Waals surface area contributed by atoms with Gasteiger partial charge in [0.25, 0.3) is 0 Å². The minimum absolute atomic E-state index is 0.145. The number of ether oxygens (including phenoxy) is 1. The van der Waals surface area contributed by atoms with Gasteiger partial charge in [0, 0.05) is 0 Å². The Kier molecular flexibility index (Phi) is 3.72. The zero-order valence-corrected chi connectivity index (χ0v) is 12.3. The van der Waals surface area contributed by atoms with Crippen molar-refractivity contribution in [3.05, 3.63) is 71.3 Å². The van der Waals surface area contributed by atoms with Gasteiger partial charge in [-0.1, -0.05) is 54.6 Å². The van der Waals surface area contributed by atoms with Crippen LogP contribution in [0.15, 0.2) is 54.6 Å². The molecule has 1 aliphatic carbocycles. The summed E-state index contributed by atoms with van der Waals surface area (Å²) in [6.07, 6.45) is -1.31. The Morgan fingerprint density at radius 3 is 2.32 bits per heavy atom. The van der Waals surface area contributed by atoms with Crippen molar-refractivity contribution in [2.24, 2.45) is 0 Å². The molecule has 0 saturated heterocycles. The maximum absolute atomic E-state index is 12.4. The largest absolute Gasteiger partial charge is 0.464 e. The molecule has 0 heterocycles. The van der Waals surface area contributed by atoms with Crippen LogP contribution in [0.5, 0.6) is 0 Å². The average Bonchev–Trinajstić information content (AvgIpc) is 2.78. The van der Waals surface area contributed by atoms with E-state index in [9.17, 15) is 15.0 Å². The van der Waals surface area contributed by atoms with Crippen LogP contribution in [0.3, 0.4) is 0 Å². The van der Waals surface area contributed by atoms with Crippen LogP contribution in [-0.2, 0) is 9.53 Å². The Labute approximate surface area is 129 Å². The summed E-state index contributed by atoms with van der Waals surface area (Å²) in [6.45, 7) is 1.82. The zero-order valence-electron chi connectivity index (χ0n) is 12.3. The molecule has 2 N–H and O–H groups in total. The highest BCUT2D eigenvalue weighted by Gasteiger charge is 2.58. The molecule has 2 aromatic rings. The van der Waals surface area contributed by atoms with Gasteiger partial charge in [0.2, 0.25) is 5.60 Å². The fraction of sp³-hybridized carbons (Fsp3) is 0.278. The Hall–Kier alpha value is -2.17. The number of aliphatic hydroxyl groups excluding tert-OH is 1. The molecule has 0 amide bonds. The molecule has 0 radical (unpaired) electrons. The first-order valence-corrected chi connectivity index (χ1v) is 7.32. The summed E-state index contributed by atoms with van der Waals surface area (Å²) in [7, 11) is 0. The fourth-order valence-corrected chi connectivity index (χ4v) is 3.21. The van der Waals surface area contributed by atoms with Crippen molar-refractivity contribution in [3.63, 3.8) is 0 Å². The summed E-state index contributed by atoms with van der Waals surface area (Å²) in [5.74, 6) is -1.45. The summed E-state index contributed by atoms with van der Waals surface area (Å²) < 4.78 is 5.03. The summed E-state index contributed by atoms with van der Waals surface area (Å²) >= 11 is 0. The lowest BCUT2D eigenvalue weighted by Gasteiger charge is -2.31. The number of hydrogen-bond donors (Lipinski definition) is 2. The topological polar surface area (TPSA) is 66.8 Å². The summed E-state index contributed by atoms with van der Waals surface area (Å²) in [5, 5.41) is 21.6. The second-order valence-electron chi connectivity index (χ2n) is 5.42. The molecule has 4 heteroatoms. The van der Waals surface area contributed by atoms with E-state index in [-0.39, 0.29) is 6.61 Å². The van der Waals surface area contributed by atoms with E-state index in [0.29, 0.717) is 5.56 Å². The van der Waals surface area contributed by atoms with E-state index in [2.05, 4.69) is 0 Å². The van der Waals surface area contributed by atoms with Crippen molar-refractivity contribution in [3.8, 4) is 0 Å². The summed E-state index contributed by atoms with van der Waals surface area (Å²) in [6, 6.07) is 16.4. The lowest BCUT2D eigenvalue weighted by Crippen LogP contribution is -2.47. The first kappa shape index (κ1) is 14.8. The van der Waals surface area contributed by atoms with E-state index in [0.717, 1.165) is 11.1 Å². The molecule has 114 valence electrons. The molecule has 4 nitrogen and oxygen atoms in total. The van der Waals surface area contributed by atoms with Gasteiger partial charge in [-0.15, -0.1) is 0 Å². The van der Waals surface area contributed by atoms with Gasteiger partial charge in [0.05, 0.1) is 12.5 Å². The monoisotopic (exact) mass is 298 g/mol. The van der Waals surface area contributed by atoms with Gasteiger partial charge in [-0.2, -0.15) is 0 Å². The molecule has 22 heavy (non-hydrogen) atoms. The fourth-order valence-electron chi connectivity index (χ4n) is 3.21. The number of hydrogen-bond acceptors (Lipinski definition) is 4. The third-order valence-corrected chi connectivity index (χ3v) is 4.19. The third-order valence-electron chi connectivity index (χ3n) is 4.19. The van der Waals surface area contributed by atoms with Crippen molar-refractivity contribution in [2.75, 3.05) is 6.61 Å². The van der Waals surface area contributed by atoms with E-state index < -0.39 is 23.6 Å². The molecule has 3 rings (SSSR count). The van der Waals surface area contributed by atoms with E-state index in [1.165, 1.54) is 0 Å². The van der Waals surface area contributed by atoms with Crippen LogP contribution in [0, 0.1) is 0 Å². The van der Waals surface area contributed by atoms with Crippen molar-refractivity contribution in [1.29, 1.82) is 0 Å². The third kappa shape index (κ3) is 2.03. The number of fused-ring (bicyclic) bond motifs is 1. The minimum atomic E-state index is -2.01. The molecule has 3 atom stereocenters.